The standard InChI is InChI=1S/C8H16ClNO3S/c1-10(8-3-5-13-7-8)14(11,12)6-2-4-9/h8H,2-7H2,1H3. The second kappa shape index (κ2) is 5.30. The lowest BCUT2D eigenvalue weighted by Crippen LogP contribution is -2.38. The third-order valence-corrected chi connectivity index (χ3v) is 4.64. The summed E-state index contributed by atoms with van der Waals surface area (Å²) < 4.78 is 29.9. The summed E-state index contributed by atoms with van der Waals surface area (Å²) in [6.07, 6.45) is 1.29. The van der Waals surface area contributed by atoms with Gasteiger partial charge in [-0.3, -0.25) is 0 Å². The van der Waals surface area contributed by atoms with Crippen LogP contribution in [0.25, 0.3) is 0 Å². The Morgan fingerprint density at radius 2 is 2.29 bits per heavy atom. The molecule has 1 unspecified atom stereocenters. The topological polar surface area (TPSA) is 46.6 Å². The van der Waals surface area contributed by atoms with Gasteiger partial charge in [-0.25, -0.2) is 8.42 Å². The highest BCUT2D eigenvalue weighted by atomic mass is 35.5. The molecule has 0 aromatic rings. The molecule has 14 heavy (non-hydrogen) atoms. The van der Waals surface area contributed by atoms with Crippen molar-refractivity contribution in [2.45, 2.75) is 18.9 Å². The molecule has 0 saturated carbocycles. The lowest BCUT2D eigenvalue weighted by Gasteiger charge is -2.22. The zero-order valence-electron chi connectivity index (χ0n) is 8.28. The van der Waals surface area contributed by atoms with E-state index < -0.39 is 10.0 Å². The summed E-state index contributed by atoms with van der Waals surface area (Å²) in [7, 11) is -1.52. The van der Waals surface area contributed by atoms with Crippen molar-refractivity contribution in [3.05, 3.63) is 0 Å². The molecular formula is C8H16ClNO3S. The van der Waals surface area contributed by atoms with Crippen LogP contribution in [-0.2, 0) is 14.8 Å². The molecule has 0 spiro atoms. The number of alkyl halides is 1. The summed E-state index contributed by atoms with van der Waals surface area (Å²) in [6, 6.07) is 0.00956. The summed E-state index contributed by atoms with van der Waals surface area (Å²) >= 11 is 5.46. The quantitative estimate of drug-likeness (QED) is 0.665. The molecule has 0 aromatic heterocycles. The Morgan fingerprint density at radius 3 is 2.79 bits per heavy atom. The first-order valence-electron chi connectivity index (χ1n) is 4.67. The van der Waals surface area contributed by atoms with Crippen molar-refractivity contribution < 1.29 is 13.2 Å². The fraction of sp³-hybridized carbons (Fsp3) is 1.00. The maximum Gasteiger partial charge on any atom is 0.214 e. The molecule has 0 N–H and O–H groups in total. The van der Waals surface area contributed by atoms with Gasteiger partial charge in [0.15, 0.2) is 0 Å². The van der Waals surface area contributed by atoms with Gasteiger partial charge in [0.2, 0.25) is 10.0 Å². The minimum absolute atomic E-state index is 0.00956. The number of rotatable bonds is 5. The van der Waals surface area contributed by atoms with Gasteiger partial charge in [0, 0.05) is 19.5 Å². The Kier molecular flexibility index (Phi) is 4.63. The van der Waals surface area contributed by atoms with Gasteiger partial charge >= 0.3 is 0 Å². The van der Waals surface area contributed by atoms with Gasteiger partial charge < -0.3 is 4.74 Å². The molecule has 0 bridgehead atoms. The molecule has 0 aliphatic carbocycles. The van der Waals surface area contributed by atoms with Gasteiger partial charge in [0.05, 0.1) is 18.4 Å². The van der Waals surface area contributed by atoms with E-state index in [2.05, 4.69) is 0 Å². The number of hydrogen-bond acceptors (Lipinski definition) is 3. The first-order chi connectivity index (χ1) is 6.58. The number of nitrogens with zero attached hydrogens (tertiary/aromatic N) is 1. The summed E-state index contributed by atoms with van der Waals surface area (Å²) in [5, 5.41) is 0. The highest BCUT2D eigenvalue weighted by Crippen LogP contribution is 2.15. The van der Waals surface area contributed by atoms with Crippen LogP contribution >= 0.6 is 11.6 Å². The molecule has 1 atom stereocenters. The van der Waals surface area contributed by atoms with Crippen LogP contribution in [0.15, 0.2) is 0 Å². The highest BCUT2D eigenvalue weighted by molar-refractivity contribution is 7.89. The van der Waals surface area contributed by atoms with E-state index in [1.54, 1.807) is 7.05 Å². The first kappa shape index (κ1) is 12.2. The van der Waals surface area contributed by atoms with Crippen LogP contribution in [-0.4, -0.2) is 50.7 Å². The van der Waals surface area contributed by atoms with E-state index in [-0.39, 0.29) is 11.8 Å². The third-order valence-electron chi connectivity index (χ3n) is 2.39. The molecule has 4 nitrogen and oxygen atoms in total. The third kappa shape index (κ3) is 3.08. The van der Waals surface area contributed by atoms with Gasteiger partial charge in [-0.1, -0.05) is 0 Å². The molecular weight excluding hydrogens is 226 g/mol. The Morgan fingerprint density at radius 1 is 1.57 bits per heavy atom. The van der Waals surface area contributed by atoms with Crippen LogP contribution in [0.4, 0.5) is 0 Å². The average Bonchev–Trinajstić information content (AvgIpc) is 2.66. The molecule has 1 heterocycles. The Hall–Kier alpha value is 0.160. The van der Waals surface area contributed by atoms with Crippen molar-refractivity contribution in [2.75, 3.05) is 31.9 Å². The fourth-order valence-corrected chi connectivity index (χ4v) is 3.13. The second-order valence-corrected chi connectivity index (χ2v) is 5.92. The number of hydrogen-bond donors (Lipinski definition) is 0. The van der Waals surface area contributed by atoms with Crippen molar-refractivity contribution in [1.82, 2.24) is 4.31 Å². The van der Waals surface area contributed by atoms with Gasteiger partial charge in [0.25, 0.3) is 0 Å². The van der Waals surface area contributed by atoms with Crippen LogP contribution in [0.3, 0.4) is 0 Å². The van der Waals surface area contributed by atoms with Crippen molar-refractivity contribution in [3.63, 3.8) is 0 Å². The highest BCUT2D eigenvalue weighted by Gasteiger charge is 2.28. The molecule has 0 radical (unpaired) electrons. The predicted octanol–water partition coefficient (Wildman–Crippen LogP) is 0.666. The number of sulfonamides is 1. The molecule has 1 saturated heterocycles. The average molecular weight is 242 g/mol. The van der Waals surface area contributed by atoms with Crippen LogP contribution in [0.2, 0.25) is 0 Å². The van der Waals surface area contributed by atoms with E-state index in [9.17, 15) is 8.42 Å². The smallest absolute Gasteiger partial charge is 0.214 e. The van der Waals surface area contributed by atoms with E-state index >= 15 is 0 Å². The lowest BCUT2D eigenvalue weighted by atomic mass is 10.3. The predicted molar refractivity (Wildman–Crippen MR) is 56.1 cm³/mol. The molecule has 6 heteroatoms. The molecule has 0 aromatic carbocycles. The molecule has 1 rings (SSSR count). The van der Waals surface area contributed by atoms with Crippen molar-refractivity contribution in [2.24, 2.45) is 0 Å². The first-order valence-corrected chi connectivity index (χ1v) is 6.81. The Labute approximate surface area is 90.2 Å². The monoisotopic (exact) mass is 241 g/mol. The zero-order chi connectivity index (χ0) is 10.6. The van der Waals surface area contributed by atoms with Gasteiger partial charge in [0.1, 0.15) is 0 Å². The number of ether oxygens (including phenoxy) is 1. The van der Waals surface area contributed by atoms with Crippen LogP contribution in [0.1, 0.15) is 12.8 Å². The maximum absolute atomic E-state index is 11.7. The van der Waals surface area contributed by atoms with Crippen molar-refractivity contribution in [3.8, 4) is 0 Å². The second-order valence-electron chi connectivity index (χ2n) is 3.39. The normalized spacial score (nSPS) is 23.2. The molecule has 1 fully saturated rings. The summed E-state index contributed by atoms with van der Waals surface area (Å²) in [5.74, 6) is 0.512. The number of likely N-dealkylation sites (N-methyl/N-ethyl adjacent to an activating group) is 1. The van der Waals surface area contributed by atoms with E-state index in [1.165, 1.54) is 4.31 Å². The van der Waals surface area contributed by atoms with Crippen LogP contribution in [0.5, 0.6) is 0 Å². The molecule has 84 valence electrons. The minimum atomic E-state index is -3.14. The Bertz CT molecular complexity index is 262. The van der Waals surface area contributed by atoms with Crippen LogP contribution in [0, 0.1) is 0 Å². The molecule has 1 aliphatic rings. The van der Waals surface area contributed by atoms with E-state index in [4.69, 9.17) is 16.3 Å². The van der Waals surface area contributed by atoms with Crippen molar-refractivity contribution in [1.29, 1.82) is 0 Å². The van der Waals surface area contributed by atoms with Gasteiger partial charge in [-0.15, -0.1) is 11.6 Å². The molecule has 0 amide bonds. The van der Waals surface area contributed by atoms with Crippen molar-refractivity contribution >= 4 is 21.6 Å². The lowest BCUT2D eigenvalue weighted by molar-refractivity contribution is 0.181. The largest absolute Gasteiger partial charge is 0.380 e. The SMILES string of the molecule is CN(C1CCOC1)S(=O)(=O)CCCCl. The zero-order valence-corrected chi connectivity index (χ0v) is 9.85. The summed E-state index contributed by atoms with van der Waals surface area (Å²) in [4.78, 5) is 0. The minimum Gasteiger partial charge on any atom is -0.380 e. The Balaban J connectivity index is 2.52. The maximum atomic E-state index is 11.7. The molecule has 1 aliphatic heterocycles. The van der Waals surface area contributed by atoms with E-state index in [1.807, 2.05) is 0 Å². The van der Waals surface area contributed by atoms with E-state index in [0.717, 1.165) is 6.42 Å². The van der Waals surface area contributed by atoms with Gasteiger partial charge in [-0.05, 0) is 12.8 Å². The summed E-state index contributed by atoms with van der Waals surface area (Å²) in [6.45, 7) is 1.16. The number of halogens is 1. The van der Waals surface area contributed by atoms with Crippen LogP contribution < -0.4 is 0 Å². The van der Waals surface area contributed by atoms with Gasteiger partial charge in [-0.2, -0.15) is 4.31 Å². The van der Waals surface area contributed by atoms with E-state index in [0.29, 0.717) is 25.5 Å². The fourth-order valence-electron chi connectivity index (χ4n) is 1.42. The summed E-state index contributed by atoms with van der Waals surface area (Å²) in [5.41, 5.74) is 0.